The molecule has 0 aliphatic rings. The van der Waals surface area contributed by atoms with Crippen LogP contribution in [0.25, 0.3) is 0 Å². The molecule has 1 atom stereocenters. The van der Waals surface area contributed by atoms with E-state index in [1.807, 2.05) is 0 Å². The van der Waals surface area contributed by atoms with Gasteiger partial charge in [-0.2, -0.15) is 0 Å². The number of benzene rings is 1. The van der Waals surface area contributed by atoms with E-state index in [1.54, 1.807) is 0 Å². The molecule has 1 aromatic carbocycles. The van der Waals surface area contributed by atoms with Gasteiger partial charge in [0.05, 0.1) is 7.11 Å². The van der Waals surface area contributed by atoms with E-state index in [0.29, 0.717) is 0 Å². The summed E-state index contributed by atoms with van der Waals surface area (Å²) in [5.74, 6) is -0.933. The molecule has 0 bridgehead atoms. The zero-order valence-electron chi connectivity index (χ0n) is 7.60. The topological polar surface area (TPSA) is 92.8 Å². The Labute approximate surface area is 80.7 Å². The summed E-state index contributed by atoms with van der Waals surface area (Å²) in [6, 6.07) is 5.31. The van der Waals surface area contributed by atoms with Crippen LogP contribution >= 0.6 is 0 Å². The van der Waals surface area contributed by atoms with E-state index in [1.165, 1.54) is 24.3 Å². The maximum absolute atomic E-state index is 11.1. The number of esters is 1. The van der Waals surface area contributed by atoms with Gasteiger partial charge in [-0.1, -0.05) is 12.1 Å². The maximum atomic E-state index is 11.1. The predicted molar refractivity (Wildman–Crippen MR) is 48.2 cm³/mol. The highest BCUT2D eigenvalue weighted by Gasteiger charge is 2.34. The second kappa shape index (κ2) is 3.65. The number of carbonyl (C=O) groups is 1. The molecule has 0 aliphatic heterocycles. The first-order valence-electron chi connectivity index (χ1n) is 3.87. The van der Waals surface area contributed by atoms with Crippen molar-refractivity contribution in [3.05, 3.63) is 29.8 Å². The third-order valence-corrected chi connectivity index (χ3v) is 1.80. The third kappa shape index (κ3) is 1.84. The van der Waals surface area contributed by atoms with Crippen LogP contribution in [-0.2, 0) is 15.3 Å². The van der Waals surface area contributed by atoms with Crippen LogP contribution in [0.5, 0.6) is 5.75 Å². The Morgan fingerprint density at radius 1 is 1.43 bits per heavy atom. The summed E-state index contributed by atoms with van der Waals surface area (Å²) < 4.78 is 4.32. The van der Waals surface area contributed by atoms with Gasteiger partial charge in [-0.05, 0) is 12.1 Å². The van der Waals surface area contributed by atoms with Crippen LogP contribution < -0.4 is 5.73 Å². The minimum Gasteiger partial charge on any atom is -0.508 e. The maximum Gasteiger partial charge on any atom is 0.358 e. The van der Waals surface area contributed by atoms with Crippen molar-refractivity contribution in [3.63, 3.8) is 0 Å². The smallest absolute Gasteiger partial charge is 0.358 e. The van der Waals surface area contributed by atoms with E-state index < -0.39 is 11.7 Å². The second-order valence-corrected chi connectivity index (χ2v) is 2.80. The summed E-state index contributed by atoms with van der Waals surface area (Å²) in [5.41, 5.74) is 3.32. The Morgan fingerprint density at radius 3 is 2.36 bits per heavy atom. The number of phenolic OH excluding ortho intramolecular Hbond substituents is 1. The van der Waals surface area contributed by atoms with E-state index in [0.717, 1.165) is 7.11 Å². The summed E-state index contributed by atoms with van der Waals surface area (Å²) in [7, 11) is 1.13. The summed E-state index contributed by atoms with van der Waals surface area (Å²) in [6.45, 7) is 0. The van der Waals surface area contributed by atoms with Gasteiger partial charge < -0.3 is 14.9 Å². The number of aliphatic hydroxyl groups is 1. The minimum absolute atomic E-state index is 0.0226. The lowest BCUT2D eigenvalue weighted by Crippen LogP contribution is -2.45. The SMILES string of the molecule is COC(=O)[C@@](N)(O)c1ccc(O)cc1. The molecular weight excluding hydrogens is 186 g/mol. The lowest BCUT2D eigenvalue weighted by atomic mass is 10.0. The van der Waals surface area contributed by atoms with E-state index in [9.17, 15) is 9.90 Å². The molecule has 0 heterocycles. The first-order valence-corrected chi connectivity index (χ1v) is 3.87. The molecule has 76 valence electrons. The lowest BCUT2D eigenvalue weighted by molar-refractivity contribution is -0.163. The summed E-state index contributed by atoms with van der Waals surface area (Å²) >= 11 is 0. The Morgan fingerprint density at radius 2 is 1.93 bits per heavy atom. The lowest BCUT2D eigenvalue weighted by Gasteiger charge is -2.20. The highest BCUT2D eigenvalue weighted by molar-refractivity contribution is 5.80. The van der Waals surface area contributed by atoms with Crippen molar-refractivity contribution >= 4 is 5.97 Å². The first-order chi connectivity index (χ1) is 6.48. The highest BCUT2D eigenvalue weighted by Crippen LogP contribution is 2.19. The minimum atomic E-state index is -2.18. The fourth-order valence-corrected chi connectivity index (χ4v) is 0.989. The number of nitrogens with two attached hydrogens (primary N) is 1. The van der Waals surface area contributed by atoms with Gasteiger partial charge in [0.1, 0.15) is 5.75 Å². The largest absolute Gasteiger partial charge is 0.508 e. The van der Waals surface area contributed by atoms with E-state index >= 15 is 0 Å². The number of carbonyl (C=O) groups excluding carboxylic acids is 1. The quantitative estimate of drug-likeness (QED) is 0.446. The zero-order chi connectivity index (χ0) is 10.8. The fraction of sp³-hybridized carbons (Fsp3) is 0.222. The molecule has 0 radical (unpaired) electrons. The summed E-state index contributed by atoms with van der Waals surface area (Å²) in [4.78, 5) is 11.1. The molecule has 1 aromatic rings. The molecule has 5 heteroatoms. The van der Waals surface area contributed by atoms with Crippen molar-refractivity contribution in [2.75, 3.05) is 7.11 Å². The van der Waals surface area contributed by atoms with Crippen molar-refractivity contribution in [2.24, 2.45) is 5.73 Å². The summed E-state index contributed by atoms with van der Waals surface area (Å²) in [5, 5.41) is 18.5. The third-order valence-electron chi connectivity index (χ3n) is 1.80. The Hall–Kier alpha value is -1.59. The van der Waals surface area contributed by atoms with Gasteiger partial charge in [0.15, 0.2) is 0 Å². The van der Waals surface area contributed by atoms with Crippen LogP contribution in [-0.4, -0.2) is 23.3 Å². The van der Waals surface area contributed by atoms with Crippen LogP contribution in [0.15, 0.2) is 24.3 Å². The van der Waals surface area contributed by atoms with Crippen LogP contribution in [0, 0.1) is 0 Å². The van der Waals surface area contributed by atoms with Crippen molar-refractivity contribution in [1.82, 2.24) is 0 Å². The van der Waals surface area contributed by atoms with Gasteiger partial charge in [0, 0.05) is 5.56 Å². The molecule has 0 amide bonds. The van der Waals surface area contributed by atoms with Gasteiger partial charge in [0.25, 0.3) is 0 Å². The molecule has 14 heavy (non-hydrogen) atoms. The van der Waals surface area contributed by atoms with Crippen LogP contribution in [0.3, 0.4) is 0 Å². The molecule has 0 aliphatic carbocycles. The van der Waals surface area contributed by atoms with E-state index in [-0.39, 0.29) is 11.3 Å². The zero-order valence-corrected chi connectivity index (χ0v) is 7.60. The van der Waals surface area contributed by atoms with Crippen molar-refractivity contribution < 1.29 is 19.7 Å². The predicted octanol–water partition coefficient (Wildman–Crippen LogP) is -0.331. The molecule has 0 saturated carbocycles. The van der Waals surface area contributed by atoms with Crippen molar-refractivity contribution in [3.8, 4) is 5.75 Å². The number of hydrogen-bond acceptors (Lipinski definition) is 5. The molecule has 0 saturated heterocycles. The van der Waals surface area contributed by atoms with Gasteiger partial charge >= 0.3 is 5.97 Å². The number of rotatable bonds is 2. The molecule has 0 unspecified atom stereocenters. The molecule has 1 rings (SSSR count). The van der Waals surface area contributed by atoms with Gasteiger partial charge in [0.2, 0.25) is 5.72 Å². The number of aromatic hydroxyl groups is 1. The molecule has 5 nitrogen and oxygen atoms in total. The fourth-order valence-electron chi connectivity index (χ4n) is 0.989. The average molecular weight is 197 g/mol. The number of methoxy groups -OCH3 is 1. The van der Waals surface area contributed by atoms with Crippen LogP contribution in [0.1, 0.15) is 5.56 Å². The standard InChI is InChI=1S/C9H11NO4/c1-14-8(12)9(10,13)6-2-4-7(11)5-3-6/h2-5,11,13H,10H2,1H3/t9-/m0/s1. The number of phenols is 1. The molecular formula is C9H11NO4. The Bertz CT molecular complexity index is 331. The van der Waals surface area contributed by atoms with Gasteiger partial charge in [-0.15, -0.1) is 0 Å². The van der Waals surface area contributed by atoms with Crippen LogP contribution in [0.4, 0.5) is 0 Å². The first kappa shape index (κ1) is 10.5. The molecule has 0 aromatic heterocycles. The average Bonchev–Trinajstić information content (AvgIpc) is 2.17. The van der Waals surface area contributed by atoms with Crippen molar-refractivity contribution in [1.29, 1.82) is 0 Å². The Kier molecular flexibility index (Phi) is 2.73. The monoisotopic (exact) mass is 197 g/mol. The molecule has 0 fully saturated rings. The Balaban J connectivity index is 3.03. The normalized spacial score (nSPS) is 14.5. The van der Waals surface area contributed by atoms with Gasteiger partial charge in [-0.25, -0.2) is 4.79 Å². The van der Waals surface area contributed by atoms with E-state index in [2.05, 4.69) is 4.74 Å². The number of ether oxygens (including phenoxy) is 1. The highest BCUT2D eigenvalue weighted by atomic mass is 16.5. The van der Waals surface area contributed by atoms with Gasteiger partial charge in [-0.3, -0.25) is 5.73 Å². The van der Waals surface area contributed by atoms with Crippen LogP contribution in [0.2, 0.25) is 0 Å². The second-order valence-electron chi connectivity index (χ2n) is 2.80. The molecule has 0 spiro atoms. The summed E-state index contributed by atoms with van der Waals surface area (Å²) in [6.07, 6.45) is 0. The molecule has 4 N–H and O–H groups in total. The number of hydrogen-bond donors (Lipinski definition) is 3. The van der Waals surface area contributed by atoms with Crippen molar-refractivity contribution in [2.45, 2.75) is 5.72 Å². The van der Waals surface area contributed by atoms with E-state index in [4.69, 9.17) is 10.8 Å².